The molecule has 6 nitrogen and oxygen atoms in total. The summed E-state index contributed by atoms with van der Waals surface area (Å²) in [7, 11) is 0. The highest BCUT2D eigenvalue weighted by molar-refractivity contribution is 5.96. The molecule has 0 aliphatic rings. The van der Waals surface area contributed by atoms with Gasteiger partial charge in [0.1, 0.15) is 28.7 Å². The normalized spacial score (nSPS) is 11.6. The van der Waals surface area contributed by atoms with Crippen molar-refractivity contribution < 1.29 is 37.3 Å². The SMILES string of the molecule is CC(C)Oc1ccc(-n2c(C(=O)O)cc3cc(Oc4cccc(OC(F)(F)F)c4)ccc32)cc1. The van der Waals surface area contributed by atoms with E-state index in [1.54, 1.807) is 47.0 Å². The summed E-state index contributed by atoms with van der Waals surface area (Å²) in [5.74, 6) is -0.390. The molecule has 176 valence electrons. The van der Waals surface area contributed by atoms with Crippen LogP contribution < -0.4 is 14.2 Å². The Labute approximate surface area is 192 Å². The highest BCUT2D eigenvalue weighted by atomic mass is 19.4. The smallest absolute Gasteiger partial charge is 0.491 e. The van der Waals surface area contributed by atoms with E-state index >= 15 is 0 Å². The predicted octanol–water partition coefficient (Wildman–Crippen LogP) is 6.81. The van der Waals surface area contributed by atoms with E-state index in [-0.39, 0.29) is 17.5 Å². The van der Waals surface area contributed by atoms with Crippen molar-refractivity contribution in [1.29, 1.82) is 0 Å². The van der Waals surface area contributed by atoms with Gasteiger partial charge in [-0.25, -0.2) is 4.79 Å². The number of carboxylic acids is 1. The van der Waals surface area contributed by atoms with E-state index in [9.17, 15) is 23.1 Å². The predicted molar refractivity (Wildman–Crippen MR) is 119 cm³/mol. The van der Waals surface area contributed by atoms with Crippen LogP contribution in [0.2, 0.25) is 0 Å². The number of benzene rings is 3. The first kappa shape index (κ1) is 23.0. The molecule has 34 heavy (non-hydrogen) atoms. The highest BCUT2D eigenvalue weighted by Crippen LogP contribution is 2.32. The zero-order valence-corrected chi connectivity index (χ0v) is 18.2. The summed E-state index contributed by atoms with van der Waals surface area (Å²) in [4.78, 5) is 11.9. The number of carbonyl (C=O) groups is 1. The number of aromatic nitrogens is 1. The van der Waals surface area contributed by atoms with E-state index < -0.39 is 18.1 Å². The van der Waals surface area contributed by atoms with Crippen LogP contribution in [0.25, 0.3) is 16.6 Å². The van der Waals surface area contributed by atoms with Crippen molar-refractivity contribution >= 4 is 16.9 Å². The molecule has 0 aliphatic heterocycles. The van der Waals surface area contributed by atoms with E-state index in [2.05, 4.69) is 4.74 Å². The Hall–Kier alpha value is -4.14. The monoisotopic (exact) mass is 471 g/mol. The van der Waals surface area contributed by atoms with Crippen LogP contribution in [0.5, 0.6) is 23.0 Å². The van der Waals surface area contributed by atoms with Gasteiger partial charge < -0.3 is 23.9 Å². The van der Waals surface area contributed by atoms with Gasteiger partial charge in [-0.2, -0.15) is 0 Å². The number of hydrogen-bond donors (Lipinski definition) is 1. The van der Waals surface area contributed by atoms with Gasteiger partial charge in [0.05, 0.1) is 11.6 Å². The molecule has 0 saturated heterocycles. The van der Waals surface area contributed by atoms with Gasteiger partial charge in [0.25, 0.3) is 0 Å². The molecule has 0 unspecified atom stereocenters. The minimum atomic E-state index is -4.81. The molecule has 0 fully saturated rings. The molecule has 0 saturated carbocycles. The van der Waals surface area contributed by atoms with E-state index in [0.717, 1.165) is 6.07 Å². The number of halogens is 3. The molecule has 1 heterocycles. The largest absolute Gasteiger partial charge is 0.573 e. The van der Waals surface area contributed by atoms with Crippen molar-refractivity contribution in [1.82, 2.24) is 4.57 Å². The van der Waals surface area contributed by atoms with Crippen molar-refractivity contribution in [3.8, 4) is 28.7 Å². The molecular formula is C25H20F3NO5. The first-order valence-electron chi connectivity index (χ1n) is 10.3. The Kier molecular flexibility index (Phi) is 6.10. The minimum Gasteiger partial charge on any atom is -0.491 e. The van der Waals surface area contributed by atoms with Crippen LogP contribution in [0.4, 0.5) is 13.2 Å². The van der Waals surface area contributed by atoms with Crippen molar-refractivity contribution in [3.63, 3.8) is 0 Å². The second-order valence-electron chi connectivity index (χ2n) is 7.68. The summed E-state index contributed by atoms with van der Waals surface area (Å²) < 4.78 is 54.3. The number of ether oxygens (including phenoxy) is 3. The van der Waals surface area contributed by atoms with Gasteiger partial charge in [0.15, 0.2) is 0 Å². The Bertz CT molecular complexity index is 1330. The van der Waals surface area contributed by atoms with E-state index in [1.165, 1.54) is 24.3 Å². The third kappa shape index (κ3) is 5.25. The molecule has 4 aromatic rings. The van der Waals surface area contributed by atoms with Gasteiger partial charge in [0.2, 0.25) is 0 Å². The number of aromatic carboxylic acids is 1. The summed E-state index contributed by atoms with van der Waals surface area (Å²) in [6.45, 7) is 3.82. The fourth-order valence-corrected chi connectivity index (χ4v) is 3.51. The Morgan fingerprint density at radius 3 is 2.18 bits per heavy atom. The third-order valence-corrected chi connectivity index (χ3v) is 4.73. The van der Waals surface area contributed by atoms with E-state index in [4.69, 9.17) is 9.47 Å². The molecule has 0 spiro atoms. The van der Waals surface area contributed by atoms with E-state index in [0.29, 0.717) is 28.1 Å². The first-order valence-corrected chi connectivity index (χ1v) is 10.3. The van der Waals surface area contributed by atoms with Crippen LogP contribution in [-0.4, -0.2) is 28.1 Å². The van der Waals surface area contributed by atoms with Gasteiger partial charge in [-0.15, -0.1) is 13.2 Å². The molecule has 3 aromatic carbocycles. The molecule has 0 amide bonds. The first-order chi connectivity index (χ1) is 16.1. The van der Waals surface area contributed by atoms with Crippen LogP contribution in [0.15, 0.2) is 72.8 Å². The number of carboxylic acid groups (broad SMARTS) is 1. The third-order valence-electron chi connectivity index (χ3n) is 4.73. The van der Waals surface area contributed by atoms with Gasteiger partial charge in [-0.3, -0.25) is 0 Å². The maximum absolute atomic E-state index is 12.5. The molecule has 1 N–H and O–H groups in total. The quantitative estimate of drug-likeness (QED) is 0.321. The summed E-state index contributed by atoms with van der Waals surface area (Å²) in [5, 5.41) is 10.3. The summed E-state index contributed by atoms with van der Waals surface area (Å²) >= 11 is 0. The van der Waals surface area contributed by atoms with Crippen molar-refractivity contribution in [2.75, 3.05) is 0 Å². The van der Waals surface area contributed by atoms with Crippen molar-refractivity contribution in [2.24, 2.45) is 0 Å². The zero-order valence-electron chi connectivity index (χ0n) is 18.2. The van der Waals surface area contributed by atoms with Crippen LogP contribution in [0.3, 0.4) is 0 Å². The number of alkyl halides is 3. The summed E-state index contributed by atoms with van der Waals surface area (Å²) in [5.41, 5.74) is 1.30. The molecule has 0 aliphatic carbocycles. The van der Waals surface area contributed by atoms with E-state index in [1.807, 2.05) is 13.8 Å². The maximum atomic E-state index is 12.5. The number of rotatable bonds is 7. The Morgan fingerprint density at radius 2 is 1.53 bits per heavy atom. The lowest BCUT2D eigenvalue weighted by Gasteiger charge is -2.13. The summed E-state index contributed by atoms with van der Waals surface area (Å²) in [6, 6.07) is 18.6. The fourth-order valence-electron chi connectivity index (χ4n) is 3.51. The van der Waals surface area contributed by atoms with Crippen molar-refractivity contribution in [3.05, 3.63) is 78.5 Å². The number of nitrogens with zero attached hydrogens (tertiary/aromatic N) is 1. The fraction of sp³-hybridized carbons (Fsp3) is 0.160. The lowest BCUT2D eigenvalue weighted by molar-refractivity contribution is -0.274. The van der Waals surface area contributed by atoms with Crippen LogP contribution in [-0.2, 0) is 0 Å². The second kappa shape index (κ2) is 9.01. The average Bonchev–Trinajstić information content (AvgIpc) is 3.12. The van der Waals surface area contributed by atoms with Crippen molar-refractivity contribution in [2.45, 2.75) is 26.3 Å². The van der Waals surface area contributed by atoms with Gasteiger partial charge in [-0.05, 0) is 74.5 Å². The van der Waals surface area contributed by atoms with Gasteiger partial charge >= 0.3 is 12.3 Å². The zero-order chi connectivity index (χ0) is 24.5. The van der Waals surface area contributed by atoms with Crippen LogP contribution in [0, 0.1) is 0 Å². The minimum absolute atomic E-state index is 0.00646. The molecule has 1 aromatic heterocycles. The number of fused-ring (bicyclic) bond motifs is 1. The second-order valence-corrected chi connectivity index (χ2v) is 7.68. The van der Waals surface area contributed by atoms with Gasteiger partial charge in [-0.1, -0.05) is 6.07 Å². The lowest BCUT2D eigenvalue weighted by Crippen LogP contribution is -2.16. The topological polar surface area (TPSA) is 69.9 Å². The molecule has 0 bridgehead atoms. The molecular weight excluding hydrogens is 451 g/mol. The van der Waals surface area contributed by atoms with Crippen LogP contribution in [0.1, 0.15) is 24.3 Å². The van der Waals surface area contributed by atoms with Crippen LogP contribution >= 0.6 is 0 Å². The highest BCUT2D eigenvalue weighted by Gasteiger charge is 2.31. The molecule has 9 heteroatoms. The maximum Gasteiger partial charge on any atom is 0.573 e. The standard InChI is InChI=1S/C25H20F3NO5/c1-15(2)32-18-8-6-17(7-9-18)29-22-11-10-20(12-16(22)13-23(29)24(30)31)33-19-4-3-5-21(14-19)34-25(26,27)28/h3-15H,1-2H3,(H,30,31). The molecule has 0 atom stereocenters. The molecule has 4 rings (SSSR count). The summed E-state index contributed by atoms with van der Waals surface area (Å²) in [6.07, 6.45) is -4.81. The molecule has 0 radical (unpaired) electrons. The van der Waals surface area contributed by atoms with Gasteiger partial charge in [0, 0.05) is 17.1 Å². The Balaban J connectivity index is 1.67. The Morgan fingerprint density at radius 1 is 0.882 bits per heavy atom. The number of hydrogen-bond acceptors (Lipinski definition) is 4. The average molecular weight is 471 g/mol. The lowest BCUT2D eigenvalue weighted by atomic mass is 10.2.